The van der Waals surface area contributed by atoms with Crippen LogP contribution in [0.3, 0.4) is 0 Å². The Morgan fingerprint density at radius 1 is 0.525 bits per heavy atom. The lowest BCUT2D eigenvalue weighted by molar-refractivity contribution is -0.889. The number of aliphatic carboxylic acids is 1. The molecule has 0 aromatic carbocycles. The third-order valence-electron chi connectivity index (χ3n) is 10.3. The van der Waals surface area contributed by atoms with E-state index in [0.717, 1.165) is 103 Å². The van der Waals surface area contributed by atoms with E-state index in [2.05, 4.69) is 98.9 Å². The number of unbranched alkanes of at least 4 members (excludes halogenated alkanes) is 15. The zero-order valence-electron chi connectivity index (χ0n) is 39.5. The van der Waals surface area contributed by atoms with Crippen LogP contribution in [-0.4, -0.2) is 75.5 Å². The standard InChI is InChI=1S/C53H89NO7/c1-6-8-10-12-14-16-18-20-22-23-24-25-26-27-28-30-32-34-36-38-40-42-44-52(56)61-49(47-59-46-45-50(53(57)58)54(3,4)5)48-60-51(55)43-41-39-37-35-33-31-29-21-19-17-15-13-11-9-7-2/h8,10,14-17,19-22,24-25,27-28,49-50H,6-7,9,11-13,18,23,26,29-48H2,1-5H3/b10-8+,16-14+,17-15+,21-19+,22-20+,25-24+,28-27+. The first-order valence-electron chi connectivity index (χ1n) is 24.1. The van der Waals surface area contributed by atoms with Crippen molar-refractivity contribution in [2.24, 2.45) is 0 Å². The van der Waals surface area contributed by atoms with Gasteiger partial charge in [0.2, 0.25) is 0 Å². The summed E-state index contributed by atoms with van der Waals surface area (Å²) < 4.78 is 17.2. The molecule has 0 saturated carbocycles. The molecule has 0 aliphatic rings. The normalized spacial score (nSPS) is 13.7. The molecule has 2 unspecified atom stereocenters. The number of likely N-dealkylation sites (N-methyl/N-ethyl adjacent to an activating group) is 1. The highest BCUT2D eigenvalue weighted by Crippen LogP contribution is 2.13. The summed E-state index contributed by atoms with van der Waals surface area (Å²) in [6, 6.07) is -0.735. The van der Waals surface area contributed by atoms with E-state index in [1.54, 1.807) is 21.1 Å². The number of quaternary nitrogens is 1. The second-order valence-corrected chi connectivity index (χ2v) is 17.0. The number of esters is 2. The predicted molar refractivity (Wildman–Crippen MR) is 254 cm³/mol. The molecule has 0 saturated heterocycles. The number of carbonyl (C=O) groups excluding carboxylic acids is 3. The van der Waals surface area contributed by atoms with Gasteiger partial charge in [0.25, 0.3) is 0 Å². The average molecular weight is 852 g/mol. The lowest BCUT2D eigenvalue weighted by Gasteiger charge is -2.34. The van der Waals surface area contributed by atoms with E-state index in [-0.39, 0.29) is 42.7 Å². The number of carboxylic acids is 1. The molecule has 0 spiro atoms. The smallest absolute Gasteiger partial charge is 0.306 e. The molecule has 0 bridgehead atoms. The number of carbonyl (C=O) groups is 3. The quantitative estimate of drug-likeness (QED) is 0.0198. The number of nitrogens with zero attached hydrogens (tertiary/aromatic N) is 1. The number of rotatable bonds is 42. The highest BCUT2D eigenvalue weighted by Gasteiger charge is 2.25. The van der Waals surface area contributed by atoms with Crippen molar-refractivity contribution in [2.75, 3.05) is 41.0 Å². The maximum Gasteiger partial charge on any atom is 0.306 e. The van der Waals surface area contributed by atoms with E-state index >= 15 is 0 Å². The molecule has 0 amide bonds. The van der Waals surface area contributed by atoms with Crippen LogP contribution in [0.1, 0.15) is 181 Å². The predicted octanol–water partition coefficient (Wildman–Crippen LogP) is 12.4. The van der Waals surface area contributed by atoms with Gasteiger partial charge in [0.1, 0.15) is 12.6 Å². The van der Waals surface area contributed by atoms with Crippen LogP contribution >= 0.6 is 0 Å². The summed E-state index contributed by atoms with van der Waals surface area (Å²) in [6.07, 6.45) is 56.0. The van der Waals surface area contributed by atoms with Gasteiger partial charge in [-0.1, -0.05) is 163 Å². The molecular weight excluding hydrogens is 763 g/mol. The fourth-order valence-electron chi connectivity index (χ4n) is 6.56. The topological polar surface area (TPSA) is 102 Å². The number of ether oxygens (including phenoxy) is 3. The van der Waals surface area contributed by atoms with Gasteiger partial charge in [0.05, 0.1) is 40.3 Å². The van der Waals surface area contributed by atoms with Crippen molar-refractivity contribution in [1.29, 1.82) is 0 Å². The van der Waals surface area contributed by atoms with E-state index in [1.807, 2.05) is 0 Å². The molecule has 0 aromatic rings. The van der Waals surface area contributed by atoms with Crippen molar-refractivity contribution < 1.29 is 38.2 Å². The molecule has 0 aliphatic carbocycles. The number of carboxylic acid groups (broad SMARTS) is 1. The van der Waals surface area contributed by atoms with Crippen LogP contribution in [0.4, 0.5) is 0 Å². The van der Waals surface area contributed by atoms with E-state index in [9.17, 15) is 19.5 Å². The van der Waals surface area contributed by atoms with Crippen molar-refractivity contribution >= 4 is 17.9 Å². The largest absolute Gasteiger partial charge is 0.544 e. The maximum absolute atomic E-state index is 12.8. The number of allylic oxidation sites excluding steroid dienone is 14. The van der Waals surface area contributed by atoms with E-state index in [1.165, 1.54) is 44.9 Å². The van der Waals surface area contributed by atoms with Crippen molar-refractivity contribution in [3.05, 3.63) is 85.1 Å². The molecule has 8 heteroatoms. The summed E-state index contributed by atoms with van der Waals surface area (Å²) in [5, 5.41) is 11.6. The lowest BCUT2D eigenvalue weighted by Crippen LogP contribution is -2.55. The van der Waals surface area contributed by atoms with Gasteiger partial charge in [-0.2, -0.15) is 0 Å². The van der Waals surface area contributed by atoms with Gasteiger partial charge < -0.3 is 28.6 Å². The van der Waals surface area contributed by atoms with Crippen LogP contribution in [-0.2, 0) is 28.6 Å². The maximum atomic E-state index is 12.8. The molecule has 348 valence electrons. The molecular formula is C53H89NO7. The summed E-state index contributed by atoms with van der Waals surface area (Å²) in [7, 11) is 5.39. The second-order valence-electron chi connectivity index (χ2n) is 17.0. The molecule has 0 heterocycles. The first kappa shape index (κ1) is 57.5. The van der Waals surface area contributed by atoms with Crippen molar-refractivity contribution in [2.45, 2.75) is 193 Å². The minimum absolute atomic E-state index is 0.0260. The summed E-state index contributed by atoms with van der Waals surface area (Å²) in [4.78, 5) is 37.0. The van der Waals surface area contributed by atoms with Crippen LogP contribution in [0.15, 0.2) is 85.1 Å². The fourth-order valence-corrected chi connectivity index (χ4v) is 6.56. The monoisotopic (exact) mass is 852 g/mol. The average Bonchev–Trinajstić information content (AvgIpc) is 3.22. The summed E-state index contributed by atoms with van der Waals surface area (Å²) in [5.74, 6) is -1.78. The van der Waals surface area contributed by atoms with Gasteiger partial charge >= 0.3 is 11.9 Å². The van der Waals surface area contributed by atoms with Gasteiger partial charge in [-0.15, -0.1) is 0 Å². The van der Waals surface area contributed by atoms with E-state index < -0.39 is 18.1 Å². The van der Waals surface area contributed by atoms with Crippen LogP contribution in [0.25, 0.3) is 0 Å². The highest BCUT2D eigenvalue weighted by atomic mass is 16.6. The Morgan fingerprint density at radius 3 is 1.46 bits per heavy atom. The molecule has 8 nitrogen and oxygen atoms in total. The fraction of sp³-hybridized carbons (Fsp3) is 0.679. The molecule has 0 aliphatic heterocycles. The lowest BCUT2D eigenvalue weighted by atomic mass is 10.1. The zero-order chi connectivity index (χ0) is 44.9. The summed E-state index contributed by atoms with van der Waals surface area (Å²) in [6.45, 7) is 4.48. The minimum Gasteiger partial charge on any atom is -0.544 e. The molecule has 2 atom stereocenters. The van der Waals surface area contributed by atoms with Gasteiger partial charge in [-0.05, 0) is 83.5 Å². The Bertz CT molecular complexity index is 1270. The Labute approximate surface area is 373 Å². The molecule has 0 aromatic heterocycles. The minimum atomic E-state index is -1.13. The van der Waals surface area contributed by atoms with Gasteiger partial charge in [0.15, 0.2) is 6.10 Å². The van der Waals surface area contributed by atoms with Gasteiger partial charge in [-0.25, -0.2) is 0 Å². The third-order valence-corrected chi connectivity index (χ3v) is 10.3. The summed E-state index contributed by atoms with van der Waals surface area (Å²) >= 11 is 0. The molecule has 61 heavy (non-hydrogen) atoms. The Kier molecular flexibility index (Phi) is 40.7. The van der Waals surface area contributed by atoms with Crippen LogP contribution in [0.5, 0.6) is 0 Å². The second kappa shape index (κ2) is 43.2. The van der Waals surface area contributed by atoms with E-state index in [0.29, 0.717) is 12.8 Å². The first-order chi connectivity index (χ1) is 29.6. The first-order valence-corrected chi connectivity index (χ1v) is 24.1. The number of hydrogen-bond acceptors (Lipinski definition) is 7. The highest BCUT2D eigenvalue weighted by molar-refractivity contribution is 5.70. The Morgan fingerprint density at radius 2 is 0.967 bits per heavy atom. The van der Waals surface area contributed by atoms with Crippen LogP contribution in [0, 0.1) is 0 Å². The zero-order valence-corrected chi connectivity index (χ0v) is 39.5. The molecule has 0 fully saturated rings. The van der Waals surface area contributed by atoms with Crippen LogP contribution in [0.2, 0.25) is 0 Å². The van der Waals surface area contributed by atoms with Crippen molar-refractivity contribution in [1.82, 2.24) is 0 Å². The van der Waals surface area contributed by atoms with Gasteiger partial charge in [0, 0.05) is 19.3 Å². The summed E-state index contributed by atoms with van der Waals surface area (Å²) in [5.41, 5.74) is 0. The Balaban J connectivity index is 4.35. The van der Waals surface area contributed by atoms with Crippen molar-refractivity contribution in [3.63, 3.8) is 0 Å². The van der Waals surface area contributed by atoms with E-state index in [4.69, 9.17) is 14.2 Å². The molecule has 0 N–H and O–H groups in total. The van der Waals surface area contributed by atoms with Crippen LogP contribution < -0.4 is 5.11 Å². The van der Waals surface area contributed by atoms with Gasteiger partial charge in [-0.3, -0.25) is 9.59 Å². The SMILES string of the molecule is CC/C=C/C/C=C/C/C=C/C/C=C/C/C=C/CCCCCCCCC(=O)OC(COCCC(C(=O)[O-])[N+](C)(C)C)COC(=O)CCCCCCCC/C=C/C=C/CCCCC. The molecule has 0 radical (unpaired) electrons. The Hall–Kier alpha value is -3.49. The molecule has 0 rings (SSSR count). The number of hydrogen-bond donors (Lipinski definition) is 0. The third kappa shape index (κ3) is 41.6. The van der Waals surface area contributed by atoms with Crippen molar-refractivity contribution in [3.8, 4) is 0 Å².